The van der Waals surface area contributed by atoms with Crippen LogP contribution in [0.1, 0.15) is 0 Å². The number of rotatable bonds is 1. The molecule has 0 bridgehead atoms. The van der Waals surface area contributed by atoms with Crippen molar-refractivity contribution in [2.24, 2.45) is 0 Å². The third-order valence-electron chi connectivity index (χ3n) is 4.10. The predicted octanol–water partition coefficient (Wildman–Crippen LogP) is 4.12. The van der Waals surface area contributed by atoms with Crippen molar-refractivity contribution in [3.05, 3.63) is 73.1 Å². The van der Waals surface area contributed by atoms with E-state index in [1.807, 2.05) is 41.0 Å². The Morgan fingerprint density at radius 3 is 2.43 bits per heavy atom. The summed E-state index contributed by atoms with van der Waals surface area (Å²) in [5, 5.41) is 3.41. The highest BCUT2D eigenvalue weighted by atomic mass is 15.2. The molecule has 23 heavy (non-hydrogen) atoms. The fourth-order valence-electron chi connectivity index (χ4n) is 3.09. The van der Waals surface area contributed by atoms with Crippen LogP contribution in [-0.2, 0) is 0 Å². The largest absolute Gasteiger partial charge is 0.262 e. The van der Waals surface area contributed by atoms with Gasteiger partial charge in [-0.25, -0.2) is 15.0 Å². The summed E-state index contributed by atoms with van der Waals surface area (Å²) in [5.41, 5.74) is 2.92. The van der Waals surface area contributed by atoms with Gasteiger partial charge in [-0.1, -0.05) is 36.4 Å². The van der Waals surface area contributed by atoms with Crippen molar-refractivity contribution in [2.75, 3.05) is 0 Å². The normalized spacial score (nSPS) is 11.5. The third-order valence-corrected chi connectivity index (χ3v) is 4.10. The number of para-hydroxylation sites is 2. The Kier molecular flexibility index (Phi) is 2.46. The highest BCUT2D eigenvalue weighted by Gasteiger charge is 2.15. The van der Waals surface area contributed by atoms with Crippen molar-refractivity contribution in [3.63, 3.8) is 0 Å². The molecule has 0 unspecified atom stereocenters. The fourth-order valence-corrected chi connectivity index (χ4v) is 3.09. The van der Waals surface area contributed by atoms with Crippen molar-refractivity contribution in [1.29, 1.82) is 0 Å². The van der Waals surface area contributed by atoms with Gasteiger partial charge in [0, 0.05) is 28.6 Å². The van der Waals surface area contributed by atoms with Crippen LogP contribution in [0.4, 0.5) is 0 Å². The Morgan fingerprint density at radius 1 is 0.739 bits per heavy atom. The van der Waals surface area contributed by atoms with E-state index in [2.05, 4.69) is 34.2 Å². The van der Waals surface area contributed by atoms with E-state index in [9.17, 15) is 0 Å². The zero-order valence-corrected chi connectivity index (χ0v) is 12.2. The standard InChI is InChI=1S/C19H12N4/c1-3-8-16-13(6-1)12-15-14-7-2-4-9-17(14)23(18(15)22-16)19-20-10-5-11-21-19/h1-12H. The van der Waals surface area contributed by atoms with Crippen LogP contribution in [0.25, 0.3) is 38.8 Å². The molecule has 4 nitrogen and oxygen atoms in total. The lowest BCUT2D eigenvalue weighted by Crippen LogP contribution is -2.00. The SMILES string of the molecule is c1cnc(-n2c3ccccc3c3cc4ccccc4nc32)nc1. The molecule has 2 aromatic carbocycles. The Bertz CT molecular complexity index is 1160. The first kappa shape index (κ1) is 12.3. The highest BCUT2D eigenvalue weighted by Crippen LogP contribution is 2.31. The summed E-state index contributed by atoms with van der Waals surface area (Å²) in [6.45, 7) is 0. The predicted molar refractivity (Wildman–Crippen MR) is 91.7 cm³/mol. The number of hydrogen-bond donors (Lipinski definition) is 0. The number of pyridine rings is 1. The van der Waals surface area contributed by atoms with E-state index in [1.165, 1.54) is 0 Å². The minimum absolute atomic E-state index is 0.640. The second kappa shape index (κ2) is 4.61. The number of hydrogen-bond acceptors (Lipinski definition) is 3. The molecule has 0 aliphatic carbocycles. The van der Waals surface area contributed by atoms with Gasteiger partial charge in [0.15, 0.2) is 0 Å². The van der Waals surface area contributed by atoms with E-state index in [0.29, 0.717) is 5.95 Å². The Hall–Kier alpha value is -3.27. The number of nitrogens with zero attached hydrogens (tertiary/aromatic N) is 4. The summed E-state index contributed by atoms with van der Waals surface area (Å²) in [5.74, 6) is 0.640. The zero-order valence-electron chi connectivity index (χ0n) is 12.2. The Morgan fingerprint density at radius 2 is 1.52 bits per heavy atom. The van der Waals surface area contributed by atoms with Crippen LogP contribution < -0.4 is 0 Å². The quantitative estimate of drug-likeness (QED) is 0.467. The molecule has 0 N–H and O–H groups in total. The average molecular weight is 296 g/mol. The van der Waals surface area contributed by atoms with E-state index >= 15 is 0 Å². The molecule has 3 heterocycles. The van der Waals surface area contributed by atoms with Crippen LogP contribution in [0, 0.1) is 0 Å². The number of fused-ring (bicyclic) bond motifs is 4. The molecule has 108 valence electrons. The molecule has 0 aliphatic rings. The van der Waals surface area contributed by atoms with Crippen LogP contribution in [0.5, 0.6) is 0 Å². The summed E-state index contributed by atoms with van der Waals surface area (Å²) >= 11 is 0. The molecule has 4 heteroatoms. The number of aromatic nitrogens is 4. The van der Waals surface area contributed by atoms with Crippen molar-refractivity contribution >= 4 is 32.8 Å². The van der Waals surface area contributed by atoms with Gasteiger partial charge < -0.3 is 0 Å². The maximum Gasteiger partial charge on any atom is 0.235 e. The summed E-state index contributed by atoms with van der Waals surface area (Å²) in [7, 11) is 0. The van der Waals surface area contributed by atoms with Crippen LogP contribution in [0.2, 0.25) is 0 Å². The van der Waals surface area contributed by atoms with Gasteiger partial charge in [-0.2, -0.15) is 0 Å². The van der Waals surface area contributed by atoms with Crippen LogP contribution >= 0.6 is 0 Å². The Labute approximate surface area is 132 Å². The van der Waals surface area contributed by atoms with E-state index in [0.717, 1.165) is 32.8 Å². The second-order valence-electron chi connectivity index (χ2n) is 5.45. The van der Waals surface area contributed by atoms with Crippen LogP contribution in [0.15, 0.2) is 73.1 Å². The number of benzene rings is 2. The first-order valence-corrected chi connectivity index (χ1v) is 7.48. The van der Waals surface area contributed by atoms with Gasteiger partial charge >= 0.3 is 0 Å². The van der Waals surface area contributed by atoms with E-state index in [4.69, 9.17) is 4.98 Å². The summed E-state index contributed by atoms with van der Waals surface area (Å²) in [4.78, 5) is 13.7. The molecule has 3 aromatic heterocycles. The van der Waals surface area contributed by atoms with Gasteiger partial charge in [-0.3, -0.25) is 4.57 Å². The monoisotopic (exact) mass is 296 g/mol. The minimum atomic E-state index is 0.640. The third kappa shape index (κ3) is 1.75. The lowest BCUT2D eigenvalue weighted by Gasteiger charge is -2.04. The molecule has 0 fully saturated rings. The molecule has 5 rings (SSSR count). The molecule has 0 saturated carbocycles. The average Bonchev–Trinajstić information content (AvgIpc) is 2.94. The highest BCUT2D eigenvalue weighted by molar-refractivity contribution is 6.10. The van der Waals surface area contributed by atoms with Crippen LogP contribution in [-0.4, -0.2) is 19.5 Å². The smallest absolute Gasteiger partial charge is 0.235 e. The van der Waals surface area contributed by atoms with Crippen molar-refractivity contribution in [1.82, 2.24) is 19.5 Å². The topological polar surface area (TPSA) is 43.6 Å². The van der Waals surface area contributed by atoms with Gasteiger partial charge in [0.25, 0.3) is 0 Å². The molecule has 0 aliphatic heterocycles. The van der Waals surface area contributed by atoms with E-state index < -0.39 is 0 Å². The van der Waals surface area contributed by atoms with Crippen molar-refractivity contribution < 1.29 is 0 Å². The van der Waals surface area contributed by atoms with E-state index in [1.54, 1.807) is 12.4 Å². The lowest BCUT2D eigenvalue weighted by molar-refractivity contribution is 0.978. The summed E-state index contributed by atoms with van der Waals surface area (Å²) in [6, 6.07) is 20.5. The van der Waals surface area contributed by atoms with Crippen molar-refractivity contribution in [3.8, 4) is 5.95 Å². The maximum atomic E-state index is 4.87. The molecule has 0 spiro atoms. The van der Waals surface area contributed by atoms with Gasteiger partial charge in [0.2, 0.25) is 5.95 Å². The molecular formula is C19H12N4. The van der Waals surface area contributed by atoms with E-state index in [-0.39, 0.29) is 0 Å². The first-order valence-electron chi connectivity index (χ1n) is 7.48. The molecule has 5 aromatic rings. The van der Waals surface area contributed by atoms with Gasteiger partial charge in [-0.15, -0.1) is 0 Å². The van der Waals surface area contributed by atoms with Gasteiger partial charge in [0.05, 0.1) is 11.0 Å². The summed E-state index contributed by atoms with van der Waals surface area (Å²) < 4.78 is 2.02. The molecular weight excluding hydrogens is 284 g/mol. The first-order chi connectivity index (χ1) is 11.4. The van der Waals surface area contributed by atoms with Crippen molar-refractivity contribution in [2.45, 2.75) is 0 Å². The van der Waals surface area contributed by atoms with Crippen LogP contribution in [0.3, 0.4) is 0 Å². The Balaban J connectivity index is 2.03. The second-order valence-corrected chi connectivity index (χ2v) is 5.45. The van der Waals surface area contributed by atoms with Gasteiger partial charge in [0.1, 0.15) is 5.65 Å². The lowest BCUT2D eigenvalue weighted by atomic mass is 10.1. The molecule has 0 radical (unpaired) electrons. The minimum Gasteiger partial charge on any atom is -0.262 e. The molecule has 0 atom stereocenters. The fraction of sp³-hybridized carbons (Fsp3) is 0. The molecule has 0 amide bonds. The molecule has 0 saturated heterocycles. The van der Waals surface area contributed by atoms with Gasteiger partial charge in [-0.05, 0) is 24.3 Å². The zero-order chi connectivity index (χ0) is 15.2. The summed E-state index contributed by atoms with van der Waals surface area (Å²) in [6.07, 6.45) is 3.51. The maximum absolute atomic E-state index is 4.87.